The van der Waals surface area contributed by atoms with Crippen LogP contribution in [0.25, 0.3) is 0 Å². The van der Waals surface area contributed by atoms with E-state index in [1.54, 1.807) is 25.1 Å². The average molecular weight is 625 g/mol. The molecule has 0 aromatic heterocycles. The Bertz CT molecular complexity index is 1510. The van der Waals surface area contributed by atoms with Crippen LogP contribution in [0, 0.1) is 0 Å². The van der Waals surface area contributed by atoms with E-state index in [9.17, 15) is 26.7 Å². The Morgan fingerprint density at radius 1 is 1.14 bits per heavy atom. The van der Waals surface area contributed by atoms with Crippen molar-refractivity contribution in [1.29, 1.82) is 0 Å². The number of ether oxygens (including phenoxy) is 3. The van der Waals surface area contributed by atoms with Crippen LogP contribution in [-0.4, -0.2) is 95.9 Å². The smallest absolute Gasteiger partial charge is 0.262 e. The highest BCUT2D eigenvalue weighted by atomic mass is 32.2. The first kappa shape index (κ1) is 30.7. The molecule has 0 radical (unpaired) electrons. The summed E-state index contributed by atoms with van der Waals surface area (Å²) in [5.74, 6) is 0.443. The highest BCUT2D eigenvalue weighted by Crippen LogP contribution is 2.38. The number of nitrogens with zero attached hydrogens (tertiary/aromatic N) is 1. The van der Waals surface area contributed by atoms with E-state index in [1.165, 1.54) is 28.6 Å². The average Bonchev–Trinajstić information content (AvgIpc) is 3.37. The number of amides is 1. The molecule has 2 saturated heterocycles. The summed E-state index contributed by atoms with van der Waals surface area (Å²) in [6.07, 6.45) is 0.912. The maximum absolute atomic E-state index is 13.3. The van der Waals surface area contributed by atoms with Crippen LogP contribution in [0.2, 0.25) is 0 Å². The van der Waals surface area contributed by atoms with Crippen LogP contribution < -0.4 is 24.8 Å². The zero-order chi connectivity index (χ0) is 30.0. The first-order valence-electron chi connectivity index (χ1n) is 13.8. The third-order valence-electron chi connectivity index (χ3n) is 7.60. The van der Waals surface area contributed by atoms with Gasteiger partial charge in [-0.2, -0.15) is 4.31 Å². The van der Waals surface area contributed by atoms with E-state index in [1.807, 2.05) is 0 Å². The Morgan fingerprint density at radius 3 is 2.69 bits per heavy atom. The molecule has 1 unspecified atom stereocenters. The molecule has 230 valence electrons. The fraction of sp³-hybridized carbons (Fsp3) is 0.519. The lowest BCUT2D eigenvalue weighted by molar-refractivity contribution is -0.118. The van der Waals surface area contributed by atoms with E-state index in [4.69, 9.17) is 14.2 Å². The maximum atomic E-state index is 13.3. The third-order valence-corrected chi connectivity index (χ3v) is 11.0. The summed E-state index contributed by atoms with van der Waals surface area (Å²) in [6, 6.07) is 10.5. The number of nitrogens with one attached hydrogen (secondary N) is 3. The maximum Gasteiger partial charge on any atom is 0.262 e. The second kappa shape index (κ2) is 12.4. The molecule has 3 aliphatic rings. The van der Waals surface area contributed by atoms with Gasteiger partial charge in [-0.05, 0) is 49.6 Å². The lowest BCUT2D eigenvalue weighted by Gasteiger charge is -2.38. The highest BCUT2D eigenvalue weighted by molar-refractivity contribution is 7.89. The monoisotopic (exact) mass is 624 g/mol. The molecular weight excluding hydrogens is 588 g/mol. The Hall–Kier alpha value is -2.79. The number of piperidine rings is 1. The second-order valence-corrected chi connectivity index (χ2v) is 14.3. The molecule has 2 aromatic rings. The van der Waals surface area contributed by atoms with Crippen LogP contribution in [0.4, 0.5) is 5.69 Å². The fourth-order valence-electron chi connectivity index (χ4n) is 5.39. The van der Waals surface area contributed by atoms with Gasteiger partial charge in [0.15, 0.2) is 6.61 Å². The van der Waals surface area contributed by atoms with Gasteiger partial charge in [0.1, 0.15) is 24.2 Å². The van der Waals surface area contributed by atoms with Gasteiger partial charge in [0.25, 0.3) is 5.91 Å². The van der Waals surface area contributed by atoms with Gasteiger partial charge in [0.05, 0.1) is 27.7 Å². The summed E-state index contributed by atoms with van der Waals surface area (Å²) in [5.41, 5.74) is -0.103. The van der Waals surface area contributed by atoms with Gasteiger partial charge < -0.3 is 30.0 Å². The van der Waals surface area contributed by atoms with Gasteiger partial charge >= 0.3 is 0 Å². The van der Waals surface area contributed by atoms with E-state index in [0.717, 1.165) is 0 Å². The predicted octanol–water partition coefficient (Wildman–Crippen LogP) is 0.657. The number of sulfonamides is 2. The molecular formula is C27H36N4O9S2. The van der Waals surface area contributed by atoms with E-state index < -0.39 is 31.8 Å². The number of rotatable bonds is 11. The van der Waals surface area contributed by atoms with Gasteiger partial charge in [0, 0.05) is 38.3 Å². The Morgan fingerprint density at radius 2 is 1.93 bits per heavy atom. The number of carbonyl (C=O) groups excluding carboxylic acids is 1. The zero-order valence-corrected chi connectivity index (χ0v) is 24.9. The van der Waals surface area contributed by atoms with Gasteiger partial charge in [-0.25, -0.2) is 21.6 Å². The van der Waals surface area contributed by atoms with Crippen molar-refractivity contribution in [3.05, 3.63) is 42.5 Å². The fourth-order valence-corrected chi connectivity index (χ4v) is 7.93. The Balaban J connectivity index is 1.08. The van der Waals surface area contributed by atoms with E-state index in [2.05, 4.69) is 15.4 Å². The minimum Gasteiger partial charge on any atom is -0.491 e. The first-order valence-corrected chi connectivity index (χ1v) is 16.8. The number of aliphatic hydroxyl groups excluding tert-OH is 1. The molecule has 0 aliphatic carbocycles. The third kappa shape index (κ3) is 6.88. The standard InChI is InChI=1S/C27H36N4O9S2/c1-2-29-41(34,35)22-5-3-4-21(12-22)38-17-20(32)15-28-19-14-27(40-16-19)8-10-31(11-9-27)42(36,37)23-6-7-25-24(13-23)30-26(33)18-39-25/h3-7,12-13,19-20,28-29,32H,2,8-11,14-18H2,1H3,(H,30,33)/t19?,20-/m0/s1. The summed E-state index contributed by atoms with van der Waals surface area (Å²) in [4.78, 5) is 11.8. The van der Waals surface area contributed by atoms with Gasteiger partial charge in [-0.3, -0.25) is 4.79 Å². The number of benzene rings is 2. The zero-order valence-electron chi connectivity index (χ0n) is 23.2. The molecule has 0 saturated carbocycles. The van der Waals surface area contributed by atoms with Gasteiger partial charge in [-0.15, -0.1) is 0 Å². The molecule has 5 rings (SSSR count). The molecule has 0 bridgehead atoms. The Labute approximate surface area is 245 Å². The quantitative estimate of drug-likeness (QED) is 0.278. The number of carbonyl (C=O) groups is 1. The largest absolute Gasteiger partial charge is 0.491 e. The molecule has 2 fully saturated rings. The van der Waals surface area contributed by atoms with Crippen LogP contribution in [0.1, 0.15) is 26.2 Å². The molecule has 13 nitrogen and oxygen atoms in total. The molecule has 3 heterocycles. The van der Waals surface area contributed by atoms with Crippen LogP contribution in [0.3, 0.4) is 0 Å². The van der Waals surface area contributed by atoms with E-state index in [-0.39, 0.29) is 48.0 Å². The van der Waals surface area contributed by atoms with Gasteiger partial charge in [0.2, 0.25) is 20.0 Å². The molecule has 42 heavy (non-hydrogen) atoms. The van der Waals surface area contributed by atoms with Crippen molar-refractivity contribution in [2.24, 2.45) is 0 Å². The molecule has 3 aliphatic heterocycles. The number of anilines is 1. The van der Waals surface area contributed by atoms with Gasteiger partial charge in [-0.1, -0.05) is 13.0 Å². The van der Waals surface area contributed by atoms with Crippen molar-refractivity contribution < 1.29 is 40.9 Å². The van der Waals surface area contributed by atoms with Crippen LogP contribution in [0.15, 0.2) is 52.3 Å². The topological polar surface area (TPSA) is 173 Å². The molecule has 1 amide bonds. The minimum absolute atomic E-state index is 0.0133. The summed E-state index contributed by atoms with van der Waals surface area (Å²) in [5, 5.41) is 16.4. The summed E-state index contributed by atoms with van der Waals surface area (Å²) in [7, 11) is -7.38. The lowest BCUT2D eigenvalue weighted by atomic mass is 9.88. The van der Waals surface area contributed by atoms with Crippen molar-refractivity contribution in [3.8, 4) is 11.5 Å². The minimum atomic E-state index is -3.77. The van der Waals surface area contributed by atoms with Crippen molar-refractivity contribution >= 4 is 31.6 Å². The molecule has 15 heteroatoms. The summed E-state index contributed by atoms with van der Waals surface area (Å²) >= 11 is 0. The van der Waals surface area contributed by atoms with E-state index in [0.29, 0.717) is 56.1 Å². The van der Waals surface area contributed by atoms with Crippen molar-refractivity contribution in [2.75, 3.05) is 51.3 Å². The van der Waals surface area contributed by atoms with Crippen molar-refractivity contribution in [2.45, 2.75) is 53.7 Å². The number of aliphatic hydroxyl groups is 1. The Kier molecular flexibility index (Phi) is 9.08. The SMILES string of the molecule is CCNS(=O)(=O)c1cccc(OC[C@@H](O)CNC2COC3(CCN(S(=O)(=O)c4ccc5c(c4)NC(=O)CO5)CC3)C2)c1. The van der Waals surface area contributed by atoms with Crippen molar-refractivity contribution in [1.82, 2.24) is 14.3 Å². The highest BCUT2D eigenvalue weighted by Gasteiger charge is 2.45. The summed E-state index contributed by atoms with van der Waals surface area (Å²) in [6.45, 7) is 3.13. The second-order valence-electron chi connectivity index (χ2n) is 10.6. The number of fused-ring (bicyclic) bond motifs is 1. The van der Waals surface area contributed by atoms with Crippen LogP contribution in [0.5, 0.6) is 11.5 Å². The predicted molar refractivity (Wildman–Crippen MR) is 152 cm³/mol. The number of hydrogen-bond acceptors (Lipinski definition) is 10. The molecule has 1 spiro atoms. The molecule has 2 aromatic carbocycles. The van der Waals surface area contributed by atoms with E-state index >= 15 is 0 Å². The van der Waals surface area contributed by atoms with Crippen LogP contribution in [-0.2, 0) is 29.6 Å². The molecule has 2 atom stereocenters. The summed E-state index contributed by atoms with van der Waals surface area (Å²) < 4.78 is 72.0. The van der Waals surface area contributed by atoms with Crippen LogP contribution >= 0.6 is 0 Å². The first-order chi connectivity index (χ1) is 20.0. The normalized spacial score (nSPS) is 21.4. The number of hydrogen-bond donors (Lipinski definition) is 4. The lowest BCUT2D eigenvalue weighted by Crippen LogP contribution is -2.47. The molecule has 4 N–H and O–H groups in total. The van der Waals surface area contributed by atoms with Crippen molar-refractivity contribution in [3.63, 3.8) is 0 Å².